The summed E-state index contributed by atoms with van der Waals surface area (Å²) in [5.41, 5.74) is 0.473. The van der Waals surface area contributed by atoms with Gasteiger partial charge in [0.05, 0.1) is 36.7 Å². The van der Waals surface area contributed by atoms with Gasteiger partial charge in [0.2, 0.25) is 5.92 Å². The third-order valence-electron chi connectivity index (χ3n) is 9.24. The van der Waals surface area contributed by atoms with Crippen LogP contribution in [0, 0.1) is 17.5 Å². The molecule has 12 nitrogen and oxygen atoms in total. The highest BCUT2D eigenvalue weighted by atomic mass is 32.2. The van der Waals surface area contributed by atoms with Gasteiger partial charge in [-0.3, -0.25) is 0 Å². The molecule has 258 valence electrons. The van der Waals surface area contributed by atoms with Crippen molar-refractivity contribution in [2.45, 2.75) is 93.4 Å². The molecule has 6 rings (SSSR count). The van der Waals surface area contributed by atoms with Crippen LogP contribution in [-0.2, 0) is 25.6 Å². The summed E-state index contributed by atoms with van der Waals surface area (Å²) in [5.74, 6) is -6.39. The van der Waals surface area contributed by atoms with Crippen LogP contribution in [0.15, 0.2) is 28.9 Å². The number of nitrogens with zero attached hydrogens (tertiary/aromatic N) is 7. The Kier molecular flexibility index (Phi) is 9.68. The van der Waals surface area contributed by atoms with Gasteiger partial charge >= 0.3 is 0 Å². The van der Waals surface area contributed by atoms with Crippen molar-refractivity contribution in [2.75, 3.05) is 25.2 Å². The summed E-state index contributed by atoms with van der Waals surface area (Å²) in [6.45, 7) is -0.539. The van der Waals surface area contributed by atoms with Crippen molar-refractivity contribution < 1.29 is 45.8 Å². The smallest absolute Gasteiger partial charge is 0.248 e. The van der Waals surface area contributed by atoms with Gasteiger partial charge in [0.1, 0.15) is 30.0 Å². The Morgan fingerprint density at radius 2 is 1.68 bits per heavy atom. The van der Waals surface area contributed by atoms with Crippen LogP contribution < -0.4 is 0 Å². The van der Waals surface area contributed by atoms with Crippen molar-refractivity contribution in [1.82, 2.24) is 30.0 Å². The van der Waals surface area contributed by atoms with Gasteiger partial charge in [-0.05, 0) is 37.8 Å². The van der Waals surface area contributed by atoms with E-state index in [0.29, 0.717) is 30.0 Å². The first-order valence-corrected chi connectivity index (χ1v) is 17.3. The van der Waals surface area contributed by atoms with E-state index in [9.17, 15) is 36.4 Å². The zero-order chi connectivity index (χ0) is 33.5. The maximum atomic E-state index is 13.9. The van der Waals surface area contributed by atoms with Crippen LogP contribution in [0.5, 0.6) is 0 Å². The van der Waals surface area contributed by atoms with Gasteiger partial charge < -0.3 is 19.7 Å². The molecular weight excluding hydrogens is 653 g/mol. The molecule has 4 heterocycles. The standard InChI is InChI=1S/C29H36F5N7O5S/c1-45-28-23(46-24(15-42)27(43)26(28)41-14-22(36-39-41)16-10-20(30)25(32)21(31)11-16)12-18-13-40(38-35-18)19-4-8-47(44,9-5-19)37-17-2-6-29(33,34)7-3-17/h10-11,13-14,17,19,23-24,26-28,42-43H,2-9,12,15H2,1H3/t19?,23-,24-,26+,27+,28+,47?/m1/s1. The second kappa shape index (κ2) is 13.4. The van der Waals surface area contributed by atoms with E-state index in [1.165, 1.54) is 18.0 Å². The fourth-order valence-corrected chi connectivity index (χ4v) is 9.09. The quantitative estimate of drug-likeness (QED) is 0.269. The lowest BCUT2D eigenvalue weighted by atomic mass is 9.90. The van der Waals surface area contributed by atoms with E-state index < -0.39 is 70.2 Å². The predicted molar refractivity (Wildman–Crippen MR) is 156 cm³/mol. The number of benzene rings is 1. The number of rotatable bonds is 8. The fourth-order valence-electron chi connectivity index (χ4n) is 6.64. The van der Waals surface area contributed by atoms with E-state index in [1.54, 1.807) is 10.9 Å². The number of methoxy groups -OCH3 is 1. The summed E-state index contributed by atoms with van der Waals surface area (Å²) < 4.78 is 101. The molecule has 0 spiro atoms. The van der Waals surface area contributed by atoms with Gasteiger partial charge in [-0.15, -0.1) is 10.2 Å². The zero-order valence-electron chi connectivity index (χ0n) is 25.5. The van der Waals surface area contributed by atoms with Crippen molar-refractivity contribution in [3.8, 4) is 11.3 Å². The molecule has 2 aliphatic heterocycles. The Balaban J connectivity index is 1.14. The number of alkyl halides is 2. The monoisotopic (exact) mass is 689 g/mol. The van der Waals surface area contributed by atoms with E-state index in [4.69, 9.17) is 9.47 Å². The van der Waals surface area contributed by atoms with Crippen LogP contribution in [0.2, 0.25) is 0 Å². The SMILES string of the molecule is CO[C@@H]1[C@@H](n2cc(-c3cc(F)c(F)c(F)c3)nn2)[C@@H](O)[C@@H](CO)O[C@@H]1Cc1cn(C2CCS(=O)(=NC3CCC(F)(F)CC3)CC2)nn1. The van der Waals surface area contributed by atoms with E-state index in [0.717, 1.165) is 12.1 Å². The molecule has 0 radical (unpaired) electrons. The lowest BCUT2D eigenvalue weighted by Crippen LogP contribution is -2.57. The molecule has 47 heavy (non-hydrogen) atoms. The zero-order valence-corrected chi connectivity index (χ0v) is 26.3. The number of hydrogen-bond acceptors (Lipinski definition) is 10. The summed E-state index contributed by atoms with van der Waals surface area (Å²) in [7, 11) is -1.09. The molecule has 0 unspecified atom stereocenters. The van der Waals surface area contributed by atoms with E-state index in [1.807, 2.05) is 0 Å². The number of aromatic nitrogens is 6. The third kappa shape index (κ3) is 7.21. The van der Waals surface area contributed by atoms with Crippen LogP contribution in [-0.4, -0.2) is 106 Å². The van der Waals surface area contributed by atoms with Crippen molar-refractivity contribution in [2.24, 2.45) is 4.36 Å². The summed E-state index contributed by atoms with van der Waals surface area (Å²) in [5, 5.41) is 37.6. The minimum atomic E-state index is -2.67. The van der Waals surface area contributed by atoms with Crippen LogP contribution in [0.4, 0.5) is 22.0 Å². The van der Waals surface area contributed by atoms with E-state index in [2.05, 4.69) is 25.0 Å². The first kappa shape index (κ1) is 33.8. The molecule has 0 bridgehead atoms. The molecule has 3 fully saturated rings. The predicted octanol–water partition coefficient (Wildman–Crippen LogP) is 3.25. The summed E-state index contributed by atoms with van der Waals surface area (Å²) in [6.07, 6.45) is 0.358. The first-order chi connectivity index (χ1) is 22.4. The topological polar surface area (TPSA) is 150 Å². The molecule has 2 N–H and O–H groups in total. The van der Waals surface area contributed by atoms with Crippen LogP contribution in [0.1, 0.15) is 56.3 Å². The van der Waals surface area contributed by atoms with Crippen molar-refractivity contribution in [3.63, 3.8) is 0 Å². The number of hydrogen-bond donors (Lipinski definition) is 2. The Hall–Kier alpha value is -3.06. The minimum absolute atomic E-state index is 0.0147. The fraction of sp³-hybridized carbons (Fsp3) is 0.655. The van der Waals surface area contributed by atoms with Crippen molar-refractivity contribution in [1.29, 1.82) is 0 Å². The molecule has 3 aliphatic rings. The molecule has 1 saturated carbocycles. The molecule has 3 aromatic rings. The van der Waals surface area contributed by atoms with Gasteiger partial charge in [0.15, 0.2) is 17.5 Å². The van der Waals surface area contributed by atoms with E-state index >= 15 is 0 Å². The van der Waals surface area contributed by atoms with Gasteiger partial charge in [-0.25, -0.2) is 39.9 Å². The number of ether oxygens (including phenoxy) is 2. The van der Waals surface area contributed by atoms with Crippen LogP contribution in [0.25, 0.3) is 11.3 Å². The lowest BCUT2D eigenvalue weighted by Gasteiger charge is -2.43. The summed E-state index contributed by atoms with van der Waals surface area (Å²) >= 11 is 0. The minimum Gasteiger partial charge on any atom is -0.394 e. The first-order valence-electron chi connectivity index (χ1n) is 15.4. The molecule has 0 amide bonds. The molecule has 2 aromatic heterocycles. The summed E-state index contributed by atoms with van der Waals surface area (Å²) in [6, 6.07) is 0.223. The lowest BCUT2D eigenvalue weighted by molar-refractivity contribution is -0.212. The van der Waals surface area contributed by atoms with Crippen LogP contribution >= 0.6 is 0 Å². The molecule has 1 aromatic carbocycles. The highest BCUT2D eigenvalue weighted by molar-refractivity contribution is 7.93. The Bertz CT molecular complexity index is 1650. The van der Waals surface area contributed by atoms with Crippen molar-refractivity contribution in [3.05, 3.63) is 47.7 Å². The largest absolute Gasteiger partial charge is 0.394 e. The Morgan fingerprint density at radius 1 is 1.02 bits per heavy atom. The molecule has 18 heteroatoms. The second-order valence-corrected chi connectivity index (χ2v) is 15.0. The average Bonchev–Trinajstić information content (AvgIpc) is 3.72. The Labute approximate surface area is 267 Å². The highest BCUT2D eigenvalue weighted by Crippen LogP contribution is 2.37. The molecular formula is C29H36F5N7O5S. The van der Waals surface area contributed by atoms with E-state index in [-0.39, 0.29) is 55.4 Å². The average molecular weight is 690 g/mol. The van der Waals surface area contributed by atoms with Gasteiger partial charge in [-0.1, -0.05) is 10.4 Å². The molecule has 2 saturated heterocycles. The van der Waals surface area contributed by atoms with Gasteiger partial charge in [0, 0.05) is 59.4 Å². The Morgan fingerprint density at radius 3 is 2.32 bits per heavy atom. The van der Waals surface area contributed by atoms with Gasteiger partial charge in [0.25, 0.3) is 0 Å². The van der Waals surface area contributed by atoms with Crippen LogP contribution in [0.3, 0.4) is 0 Å². The molecule has 1 aliphatic carbocycles. The van der Waals surface area contributed by atoms with Crippen molar-refractivity contribution >= 4 is 9.73 Å². The van der Waals surface area contributed by atoms with Gasteiger partial charge in [-0.2, -0.15) is 0 Å². The maximum absolute atomic E-state index is 13.9. The number of aliphatic hydroxyl groups is 2. The summed E-state index contributed by atoms with van der Waals surface area (Å²) in [4.78, 5) is 0. The maximum Gasteiger partial charge on any atom is 0.248 e. The normalized spacial score (nSPS) is 31.6. The molecule has 5 atom stereocenters. The third-order valence-corrected chi connectivity index (χ3v) is 11.7. The number of aliphatic hydroxyl groups excluding tert-OH is 2. The highest BCUT2D eigenvalue weighted by Gasteiger charge is 2.47. The second-order valence-electron chi connectivity index (χ2n) is 12.4. The number of halogens is 5.